The number of benzene rings is 2. The Kier molecular flexibility index (Phi) is 9.14. The van der Waals surface area contributed by atoms with Crippen LogP contribution in [0.25, 0.3) is 11.0 Å². The third-order valence-corrected chi connectivity index (χ3v) is 8.22. The lowest BCUT2D eigenvalue weighted by Crippen LogP contribution is -2.44. The van der Waals surface area contributed by atoms with Crippen molar-refractivity contribution in [2.24, 2.45) is 0 Å². The van der Waals surface area contributed by atoms with Crippen molar-refractivity contribution in [2.45, 2.75) is 33.1 Å². The molecule has 12 heteroatoms. The van der Waals surface area contributed by atoms with Crippen LogP contribution in [-0.2, 0) is 16.8 Å². The second-order valence-electron chi connectivity index (χ2n) is 12.1. The number of pyridine rings is 1. The molecule has 3 N–H and O–H groups in total. The molecule has 2 aromatic heterocycles. The van der Waals surface area contributed by atoms with Gasteiger partial charge in [0.15, 0.2) is 11.6 Å². The number of carbonyl (C=O) groups excluding carboxylic acids is 1. The van der Waals surface area contributed by atoms with Gasteiger partial charge in [-0.15, -0.1) is 0 Å². The van der Waals surface area contributed by atoms with E-state index in [9.17, 15) is 9.35 Å². The lowest BCUT2D eigenvalue weighted by Gasteiger charge is -2.33. The standard InChI is InChI=1S/C32H40N8O3S/c1-20-8-9-21(31(41)36-25-17-22(32(2,3)4)18-26(29(25)43-6)38-44(7)42)16-24(20)35-30-28-23(33-19-34-30)10-11-27(37-28)40-14-12-39(5)13-15-40/h8-11,16-19,38H,12-15H2,1-7H3,(H,36,41)(H,33,34,35). The zero-order valence-corrected chi connectivity index (χ0v) is 27.1. The van der Waals surface area contributed by atoms with Gasteiger partial charge < -0.3 is 29.7 Å². The summed E-state index contributed by atoms with van der Waals surface area (Å²) in [5.41, 5.74) is 5.25. The number of fused-ring (bicyclic) bond motifs is 1. The molecule has 1 fully saturated rings. The zero-order chi connectivity index (χ0) is 31.6. The normalized spacial score (nSPS) is 14.8. The maximum absolute atomic E-state index is 13.6. The second-order valence-corrected chi connectivity index (χ2v) is 13.2. The smallest absolute Gasteiger partial charge is 0.255 e. The number of methoxy groups -OCH3 is 1. The Morgan fingerprint density at radius 2 is 1.73 bits per heavy atom. The zero-order valence-electron chi connectivity index (χ0n) is 26.3. The molecule has 1 amide bonds. The summed E-state index contributed by atoms with van der Waals surface area (Å²) in [7, 11) is 3.65. The first-order chi connectivity index (χ1) is 20.9. The summed E-state index contributed by atoms with van der Waals surface area (Å²) in [6, 6.07) is 13.2. The molecule has 0 aliphatic carbocycles. The van der Waals surface area contributed by atoms with Crippen molar-refractivity contribution in [3.05, 3.63) is 65.5 Å². The van der Waals surface area contributed by atoms with E-state index in [1.807, 2.05) is 37.3 Å². The number of nitrogens with one attached hydrogen (secondary N) is 3. The molecule has 44 heavy (non-hydrogen) atoms. The fraction of sp³-hybridized carbons (Fsp3) is 0.375. The Hall–Kier alpha value is -4.13. The third kappa shape index (κ3) is 6.98. The molecule has 232 valence electrons. The van der Waals surface area contributed by atoms with Gasteiger partial charge in [-0.3, -0.25) is 4.79 Å². The van der Waals surface area contributed by atoms with Crippen molar-refractivity contribution < 1.29 is 14.1 Å². The fourth-order valence-electron chi connectivity index (χ4n) is 5.06. The van der Waals surface area contributed by atoms with Crippen molar-refractivity contribution in [3.63, 3.8) is 0 Å². The highest BCUT2D eigenvalue weighted by molar-refractivity contribution is 7.92. The van der Waals surface area contributed by atoms with Gasteiger partial charge in [0.05, 0.1) is 29.7 Å². The van der Waals surface area contributed by atoms with Gasteiger partial charge >= 0.3 is 0 Å². The minimum atomic E-state index is -1.33. The quantitative estimate of drug-likeness (QED) is 0.230. The molecule has 1 aliphatic heterocycles. The number of carbonyl (C=O) groups is 1. The monoisotopic (exact) mass is 616 g/mol. The van der Waals surface area contributed by atoms with Crippen LogP contribution >= 0.6 is 0 Å². The molecule has 5 rings (SSSR count). The van der Waals surface area contributed by atoms with E-state index < -0.39 is 11.4 Å². The Morgan fingerprint density at radius 1 is 1.00 bits per heavy atom. The van der Waals surface area contributed by atoms with Gasteiger partial charge in [0, 0.05) is 37.4 Å². The van der Waals surface area contributed by atoms with Crippen LogP contribution in [0.2, 0.25) is 0 Å². The number of piperazine rings is 1. The minimum absolute atomic E-state index is 0.225. The summed E-state index contributed by atoms with van der Waals surface area (Å²) in [4.78, 5) is 32.1. The average molecular weight is 617 g/mol. The van der Waals surface area contributed by atoms with Gasteiger partial charge in [-0.2, -0.15) is 0 Å². The highest BCUT2D eigenvalue weighted by Crippen LogP contribution is 2.39. The number of anilines is 5. The van der Waals surface area contributed by atoms with E-state index in [-0.39, 0.29) is 11.3 Å². The van der Waals surface area contributed by atoms with Gasteiger partial charge in [-0.1, -0.05) is 26.8 Å². The summed E-state index contributed by atoms with van der Waals surface area (Å²) < 4.78 is 20.6. The van der Waals surface area contributed by atoms with Crippen LogP contribution in [0.15, 0.2) is 48.8 Å². The molecule has 0 spiro atoms. The van der Waals surface area contributed by atoms with Crippen LogP contribution in [0.3, 0.4) is 0 Å². The second kappa shape index (κ2) is 12.8. The van der Waals surface area contributed by atoms with Crippen LogP contribution in [0, 0.1) is 6.92 Å². The number of rotatable bonds is 8. The highest BCUT2D eigenvalue weighted by Gasteiger charge is 2.23. The van der Waals surface area contributed by atoms with E-state index in [0.717, 1.165) is 54.3 Å². The largest absolute Gasteiger partial charge is 0.593 e. The molecule has 0 saturated carbocycles. The molecule has 1 unspecified atom stereocenters. The van der Waals surface area contributed by atoms with Crippen molar-refractivity contribution >= 4 is 57.0 Å². The van der Waals surface area contributed by atoms with Crippen molar-refractivity contribution in [3.8, 4) is 5.75 Å². The van der Waals surface area contributed by atoms with Crippen LogP contribution < -0.4 is 25.0 Å². The number of amides is 1. The number of nitrogens with zero attached hydrogens (tertiary/aromatic N) is 5. The number of hydrogen-bond donors (Lipinski definition) is 3. The van der Waals surface area contributed by atoms with E-state index >= 15 is 0 Å². The first-order valence-corrected chi connectivity index (χ1v) is 16.1. The molecular formula is C32H40N8O3S. The van der Waals surface area contributed by atoms with E-state index in [1.165, 1.54) is 13.4 Å². The number of likely N-dealkylation sites (N-methyl/N-ethyl adjacent to an activating group) is 1. The van der Waals surface area contributed by atoms with E-state index in [0.29, 0.717) is 34.0 Å². The summed E-state index contributed by atoms with van der Waals surface area (Å²) in [5.74, 6) is 1.54. The fourth-order valence-corrected chi connectivity index (χ4v) is 5.52. The molecular weight excluding hydrogens is 576 g/mol. The summed E-state index contributed by atoms with van der Waals surface area (Å²) in [6.45, 7) is 12.0. The van der Waals surface area contributed by atoms with E-state index in [2.05, 4.69) is 62.9 Å². The molecule has 0 radical (unpaired) electrons. The Labute approximate surface area is 261 Å². The summed E-state index contributed by atoms with van der Waals surface area (Å²) in [5, 5.41) is 6.42. The Bertz CT molecular complexity index is 1670. The third-order valence-electron chi connectivity index (χ3n) is 7.71. The van der Waals surface area contributed by atoms with E-state index in [4.69, 9.17) is 9.72 Å². The Morgan fingerprint density at radius 3 is 2.41 bits per heavy atom. The molecule has 0 bridgehead atoms. The predicted molar refractivity (Wildman–Crippen MR) is 179 cm³/mol. The van der Waals surface area contributed by atoms with Crippen LogP contribution in [-0.4, -0.2) is 76.9 Å². The molecule has 2 aromatic carbocycles. The summed E-state index contributed by atoms with van der Waals surface area (Å²) >= 11 is -1.33. The number of aromatic nitrogens is 3. The predicted octanol–water partition coefficient (Wildman–Crippen LogP) is 5.09. The van der Waals surface area contributed by atoms with Gasteiger partial charge in [0.25, 0.3) is 5.91 Å². The first-order valence-electron chi connectivity index (χ1n) is 14.5. The number of ether oxygens (including phenoxy) is 1. The maximum Gasteiger partial charge on any atom is 0.255 e. The maximum atomic E-state index is 13.6. The number of hydrogen-bond acceptors (Lipinski definition) is 10. The SMILES string of the molecule is COc1c(NC(=O)c2ccc(C)c(Nc3ncnc4ccc(N5CCN(C)CC5)nc34)c2)cc(C(C)(C)C)cc1N[S+](C)[O-]. The lowest BCUT2D eigenvalue weighted by atomic mass is 9.86. The first kappa shape index (κ1) is 31.3. The highest BCUT2D eigenvalue weighted by atomic mass is 32.2. The molecule has 11 nitrogen and oxygen atoms in total. The molecule has 4 aromatic rings. The van der Waals surface area contributed by atoms with Crippen LogP contribution in [0.4, 0.5) is 28.7 Å². The minimum Gasteiger partial charge on any atom is -0.593 e. The average Bonchev–Trinajstić information content (AvgIpc) is 2.97. The topological polar surface area (TPSA) is 131 Å². The summed E-state index contributed by atoms with van der Waals surface area (Å²) in [6.07, 6.45) is 3.06. The van der Waals surface area contributed by atoms with Gasteiger partial charge in [0.2, 0.25) is 0 Å². The van der Waals surface area contributed by atoms with Crippen molar-refractivity contribution in [2.75, 3.05) is 66.8 Å². The van der Waals surface area contributed by atoms with Crippen molar-refractivity contribution in [1.82, 2.24) is 19.9 Å². The van der Waals surface area contributed by atoms with Gasteiger partial charge in [0.1, 0.15) is 29.6 Å². The van der Waals surface area contributed by atoms with Crippen LogP contribution in [0.1, 0.15) is 42.3 Å². The molecule has 1 aliphatic rings. The van der Waals surface area contributed by atoms with Crippen LogP contribution in [0.5, 0.6) is 5.75 Å². The van der Waals surface area contributed by atoms with Gasteiger partial charge in [-0.05, 0) is 66.9 Å². The molecule has 3 heterocycles. The Balaban J connectivity index is 1.44. The lowest BCUT2D eigenvalue weighted by molar-refractivity contribution is 0.102. The molecule has 1 saturated heterocycles. The molecule has 1 atom stereocenters. The van der Waals surface area contributed by atoms with E-state index in [1.54, 1.807) is 18.4 Å². The van der Waals surface area contributed by atoms with Gasteiger partial charge in [-0.25, -0.2) is 19.7 Å². The number of aryl methyl sites for hydroxylation is 1. The van der Waals surface area contributed by atoms with Crippen molar-refractivity contribution in [1.29, 1.82) is 0 Å².